The summed E-state index contributed by atoms with van der Waals surface area (Å²) < 4.78 is 6.00. The van der Waals surface area contributed by atoms with Crippen molar-refractivity contribution < 1.29 is 4.42 Å². The topological polar surface area (TPSA) is 41.8 Å². The van der Waals surface area contributed by atoms with Crippen LogP contribution >= 0.6 is 24.0 Å². The van der Waals surface area contributed by atoms with Gasteiger partial charge in [0.2, 0.25) is 0 Å². The number of aromatic amines is 1. The van der Waals surface area contributed by atoms with Crippen molar-refractivity contribution in [2.24, 2.45) is 0 Å². The Balaban J connectivity index is 2.21. The number of rotatable bonds is 1. The molecule has 0 aliphatic carbocycles. The second-order valence-corrected chi connectivity index (χ2v) is 5.10. The van der Waals surface area contributed by atoms with Crippen LogP contribution in [-0.4, -0.2) is 9.97 Å². The molecular formula is C11H10N2OS2. The lowest BCUT2D eigenvalue weighted by molar-refractivity contribution is 0.535. The number of hydrogen-bond donors (Lipinski definition) is 1. The van der Waals surface area contributed by atoms with Crippen molar-refractivity contribution in [3.05, 3.63) is 34.0 Å². The van der Waals surface area contributed by atoms with Crippen molar-refractivity contribution in [3.63, 3.8) is 0 Å². The Bertz CT molecular complexity index is 600. The molecule has 2 aromatic rings. The Kier molecular flexibility index (Phi) is 2.37. The number of H-pyrrole nitrogens is 1. The minimum absolute atomic E-state index is 0.717. The summed E-state index contributed by atoms with van der Waals surface area (Å²) in [5.41, 5.74) is 3.39. The van der Waals surface area contributed by atoms with Crippen molar-refractivity contribution in [3.8, 4) is 11.4 Å². The fraction of sp³-hybridized carbons (Fsp3) is 0.273. The summed E-state index contributed by atoms with van der Waals surface area (Å²) >= 11 is 7.17. The molecule has 0 radical (unpaired) electrons. The van der Waals surface area contributed by atoms with E-state index in [1.165, 1.54) is 11.3 Å². The van der Waals surface area contributed by atoms with Gasteiger partial charge in [-0.15, -0.1) is 0 Å². The van der Waals surface area contributed by atoms with E-state index < -0.39 is 0 Å². The van der Waals surface area contributed by atoms with Gasteiger partial charge in [0.25, 0.3) is 0 Å². The molecule has 3 nitrogen and oxygen atoms in total. The Morgan fingerprint density at radius 1 is 1.50 bits per heavy atom. The van der Waals surface area contributed by atoms with Crippen molar-refractivity contribution in [2.75, 3.05) is 0 Å². The Hall–Kier alpha value is -1.07. The van der Waals surface area contributed by atoms with E-state index in [2.05, 4.69) is 9.97 Å². The summed E-state index contributed by atoms with van der Waals surface area (Å²) in [5, 5.41) is 0. The molecule has 0 saturated heterocycles. The number of aromatic nitrogens is 2. The SMILES string of the molecule is Cc1occc1-c1nc(=S)c2c([nH]1)CSC2. The van der Waals surface area contributed by atoms with Gasteiger partial charge in [-0.2, -0.15) is 11.8 Å². The van der Waals surface area contributed by atoms with Crippen LogP contribution in [0.2, 0.25) is 0 Å². The van der Waals surface area contributed by atoms with Crippen LogP contribution in [0.15, 0.2) is 16.7 Å². The molecule has 1 aliphatic heterocycles. The van der Waals surface area contributed by atoms with Crippen LogP contribution in [0.4, 0.5) is 0 Å². The third-order valence-corrected chi connectivity index (χ3v) is 4.04. The van der Waals surface area contributed by atoms with E-state index in [0.29, 0.717) is 4.64 Å². The summed E-state index contributed by atoms with van der Waals surface area (Å²) in [6.07, 6.45) is 1.67. The van der Waals surface area contributed by atoms with Crippen molar-refractivity contribution in [1.82, 2.24) is 9.97 Å². The molecule has 1 N–H and O–H groups in total. The van der Waals surface area contributed by atoms with Crippen molar-refractivity contribution in [1.29, 1.82) is 0 Å². The zero-order valence-electron chi connectivity index (χ0n) is 8.74. The predicted molar refractivity (Wildman–Crippen MR) is 66.9 cm³/mol. The van der Waals surface area contributed by atoms with Crippen LogP contribution in [0.3, 0.4) is 0 Å². The normalized spacial score (nSPS) is 14.1. The van der Waals surface area contributed by atoms with Gasteiger partial charge < -0.3 is 9.40 Å². The van der Waals surface area contributed by atoms with Gasteiger partial charge in [0.05, 0.1) is 11.8 Å². The first-order chi connectivity index (χ1) is 7.75. The largest absolute Gasteiger partial charge is 0.469 e. The summed E-state index contributed by atoms with van der Waals surface area (Å²) in [6.45, 7) is 1.93. The first kappa shape index (κ1) is 10.1. The summed E-state index contributed by atoms with van der Waals surface area (Å²) in [7, 11) is 0. The third-order valence-electron chi connectivity index (χ3n) is 2.71. The molecule has 3 rings (SSSR count). The first-order valence-electron chi connectivity index (χ1n) is 5.00. The van der Waals surface area contributed by atoms with E-state index in [4.69, 9.17) is 16.6 Å². The standard InChI is InChI=1S/C11H10N2OS2/c1-6-7(2-3-14-6)10-12-9-5-16-4-8(9)11(15)13-10/h2-3H,4-5H2,1H3,(H,12,13,15). The van der Waals surface area contributed by atoms with E-state index in [1.54, 1.807) is 6.26 Å². The molecule has 16 heavy (non-hydrogen) atoms. The molecule has 0 saturated carbocycles. The quantitative estimate of drug-likeness (QED) is 0.787. The number of aryl methyl sites for hydroxylation is 1. The fourth-order valence-electron chi connectivity index (χ4n) is 1.83. The highest BCUT2D eigenvalue weighted by molar-refractivity contribution is 7.98. The Morgan fingerprint density at radius 3 is 3.12 bits per heavy atom. The number of hydrogen-bond acceptors (Lipinski definition) is 4. The molecule has 0 fully saturated rings. The van der Waals surface area contributed by atoms with Crippen LogP contribution in [0.5, 0.6) is 0 Å². The van der Waals surface area contributed by atoms with Crippen molar-refractivity contribution in [2.45, 2.75) is 18.4 Å². The predicted octanol–water partition coefficient (Wildman–Crippen LogP) is 3.45. The van der Waals surface area contributed by atoms with E-state index in [-0.39, 0.29) is 0 Å². The van der Waals surface area contributed by atoms with Gasteiger partial charge in [-0.05, 0) is 13.0 Å². The Labute approximate surface area is 102 Å². The smallest absolute Gasteiger partial charge is 0.142 e. The molecule has 5 heteroatoms. The van der Waals surface area contributed by atoms with Gasteiger partial charge in [0, 0.05) is 22.8 Å². The molecule has 0 unspecified atom stereocenters. The molecule has 0 atom stereocenters. The van der Waals surface area contributed by atoms with E-state index in [1.807, 2.05) is 24.8 Å². The zero-order valence-corrected chi connectivity index (χ0v) is 10.4. The number of nitrogens with zero attached hydrogens (tertiary/aromatic N) is 1. The number of thioether (sulfide) groups is 1. The maximum Gasteiger partial charge on any atom is 0.142 e. The van der Waals surface area contributed by atoms with Crippen LogP contribution in [0.25, 0.3) is 11.4 Å². The number of fused-ring (bicyclic) bond motifs is 1. The molecule has 0 aromatic carbocycles. The fourth-order valence-corrected chi connectivity index (χ4v) is 3.28. The Morgan fingerprint density at radius 2 is 2.38 bits per heavy atom. The van der Waals surface area contributed by atoms with E-state index in [0.717, 1.165) is 28.7 Å². The van der Waals surface area contributed by atoms with Crippen LogP contribution in [-0.2, 0) is 11.5 Å². The average molecular weight is 250 g/mol. The lowest BCUT2D eigenvalue weighted by Crippen LogP contribution is -1.97. The van der Waals surface area contributed by atoms with Gasteiger partial charge in [-0.1, -0.05) is 12.2 Å². The monoisotopic (exact) mass is 250 g/mol. The van der Waals surface area contributed by atoms with Crippen LogP contribution in [0.1, 0.15) is 17.0 Å². The molecule has 0 amide bonds. The lowest BCUT2D eigenvalue weighted by atomic mass is 10.2. The maximum atomic E-state index is 5.31. The lowest BCUT2D eigenvalue weighted by Gasteiger charge is -2.03. The minimum atomic E-state index is 0.717. The van der Waals surface area contributed by atoms with Crippen LogP contribution < -0.4 is 0 Å². The molecule has 0 spiro atoms. The zero-order chi connectivity index (χ0) is 11.1. The first-order valence-corrected chi connectivity index (χ1v) is 6.56. The second-order valence-electron chi connectivity index (χ2n) is 3.73. The highest BCUT2D eigenvalue weighted by Crippen LogP contribution is 2.31. The van der Waals surface area contributed by atoms with E-state index >= 15 is 0 Å². The summed E-state index contributed by atoms with van der Waals surface area (Å²) in [4.78, 5) is 7.78. The molecule has 3 heterocycles. The van der Waals surface area contributed by atoms with Gasteiger partial charge >= 0.3 is 0 Å². The minimum Gasteiger partial charge on any atom is -0.469 e. The van der Waals surface area contributed by atoms with Gasteiger partial charge in [-0.3, -0.25) is 0 Å². The average Bonchev–Trinajstić information content (AvgIpc) is 2.85. The number of nitrogens with one attached hydrogen (secondary N) is 1. The summed E-state index contributed by atoms with van der Waals surface area (Å²) in [5.74, 6) is 3.65. The second kappa shape index (κ2) is 3.75. The highest BCUT2D eigenvalue weighted by Gasteiger charge is 2.16. The molecule has 82 valence electrons. The van der Waals surface area contributed by atoms with Gasteiger partial charge in [0.1, 0.15) is 16.2 Å². The molecule has 1 aliphatic rings. The van der Waals surface area contributed by atoms with Crippen LogP contribution in [0, 0.1) is 11.6 Å². The summed E-state index contributed by atoms with van der Waals surface area (Å²) in [6, 6.07) is 1.91. The third kappa shape index (κ3) is 1.51. The molecule has 0 bridgehead atoms. The molecular weight excluding hydrogens is 240 g/mol. The maximum absolute atomic E-state index is 5.31. The van der Waals surface area contributed by atoms with E-state index in [9.17, 15) is 0 Å². The van der Waals surface area contributed by atoms with Gasteiger partial charge in [-0.25, -0.2) is 4.98 Å². The highest BCUT2D eigenvalue weighted by atomic mass is 32.2. The van der Waals surface area contributed by atoms with Gasteiger partial charge in [0.15, 0.2) is 0 Å². The number of furan rings is 1. The van der Waals surface area contributed by atoms with Crippen molar-refractivity contribution >= 4 is 24.0 Å². The molecule has 2 aromatic heterocycles.